The molecule has 1 heterocycles. The van der Waals surface area contributed by atoms with Crippen LogP contribution in [0.25, 0.3) is 6.08 Å². The number of ether oxygens (including phenoxy) is 1. The molecule has 2 amide bonds. The minimum Gasteiger partial charge on any atom is -0.447 e. The van der Waals surface area contributed by atoms with Crippen molar-refractivity contribution in [2.24, 2.45) is 5.92 Å². The van der Waals surface area contributed by atoms with Crippen molar-refractivity contribution in [3.05, 3.63) is 139 Å². The molecule has 4 aromatic rings. The van der Waals surface area contributed by atoms with Crippen LogP contribution in [0.5, 0.6) is 0 Å². The predicted octanol–water partition coefficient (Wildman–Crippen LogP) is 6.62. The summed E-state index contributed by atoms with van der Waals surface area (Å²) >= 11 is 0. The van der Waals surface area contributed by atoms with Gasteiger partial charge in [0.1, 0.15) is 6.61 Å². The number of carbonyl (C=O) groups excluding carboxylic acids is 2. The molecule has 4 aromatic carbocycles. The van der Waals surface area contributed by atoms with Crippen LogP contribution < -0.4 is 10.4 Å². The third-order valence-electron chi connectivity index (χ3n) is 8.92. The Bertz CT molecular complexity index is 1570. The van der Waals surface area contributed by atoms with E-state index in [9.17, 15) is 14.7 Å². The van der Waals surface area contributed by atoms with E-state index in [4.69, 9.17) is 9.16 Å². The zero-order valence-corrected chi connectivity index (χ0v) is 28.5. The number of amides is 2. The Labute approximate surface area is 279 Å². The highest BCUT2D eigenvalue weighted by Gasteiger charge is 2.50. The fourth-order valence-electron chi connectivity index (χ4n) is 6.58. The SMILES string of the molecule is CC(C)(C)[Si](OCCC[C@@H](C(=O)N1C(=O)OC[C@H]1Cc1ccccc1)[C@H](O)C=Cc1ccccc1)(c1ccccc1)c1ccccc1. The molecule has 244 valence electrons. The van der Waals surface area contributed by atoms with Crippen molar-refractivity contribution < 1.29 is 23.9 Å². The van der Waals surface area contributed by atoms with E-state index in [0.717, 1.165) is 11.1 Å². The van der Waals surface area contributed by atoms with Crippen LogP contribution in [-0.4, -0.2) is 55.7 Å². The zero-order valence-electron chi connectivity index (χ0n) is 27.5. The molecule has 6 nitrogen and oxygen atoms in total. The van der Waals surface area contributed by atoms with Crippen LogP contribution in [0.2, 0.25) is 5.04 Å². The minimum atomic E-state index is -2.77. The predicted molar refractivity (Wildman–Crippen MR) is 190 cm³/mol. The van der Waals surface area contributed by atoms with Crippen LogP contribution in [-0.2, 0) is 20.4 Å². The number of benzene rings is 4. The lowest BCUT2D eigenvalue weighted by atomic mass is 9.93. The smallest absolute Gasteiger partial charge is 0.416 e. The van der Waals surface area contributed by atoms with E-state index in [0.29, 0.717) is 25.9 Å². The molecule has 0 radical (unpaired) electrons. The summed E-state index contributed by atoms with van der Waals surface area (Å²) in [7, 11) is -2.77. The van der Waals surface area contributed by atoms with E-state index in [2.05, 4.69) is 69.3 Å². The van der Waals surface area contributed by atoms with Crippen molar-refractivity contribution in [3.63, 3.8) is 0 Å². The largest absolute Gasteiger partial charge is 0.447 e. The first-order valence-electron chi connectivity index (χ1n) is 16.4. The Kier molecular flexibility index (Phi) is 11.2. The Hall–Kier alpha value is -4.30. The van der Waals surface area contributed by atoms with Crippen LogP contribution in [0.4, 0.5) is 4.79 Å². The molecule has 0 aromatic heterocycles. The van der Waals surface area contributed by atoms with Gasteiger partial charge in [-0.05, 0) is 45.8 Å². The van der Waals surface area contributed by atoms with Gasteiger partial charge in [-0.2, -0.15) is 0 Å². The molecule has 1 aliphatic rings. The van der Waals surface area contributed by atoms with Crippen molar-refractivity contribution in [3.8, 4) is 0 Å². The second kappa shape index (κ2) is 15.5. The van der Waals surface area contributed by atoms with Crippen molar-refractivity contribution in [2.45, 2.75) is 57.2 Å². The van der Waals surface area contributed by atoms with Gasteiger partial charge in [-0.15, -0.1) is 0 Å². The number of nitrogens with zero attached hydrogens (tertiary/aromatic N) is 1. The first kappa shape index (κ1) is 34.0. The Balaban J connectivity index is 1.39. The lowest BCUT2D eigenvalue weighted by Gasteiger charge is -2.43. The lowest BCUT2D eigenvalue weighted by Crippen LogP contribution is -2.66. The Morgan fingerprint density at radius 1 is 0.894 bits per heavy atom. The molecule has 0 unspecified atom stereocenters. The average molecular weight is 648 g/mol. The molecule has 1 N–H and O–H groups in total. The number of aliphatic hydroxyl groups is 1. The molecule has 0 saturated carbocycles. The van der Waals surface area contributed by atoms with Gasteiger partial charge >= 0.3 is 6.09 Å². The second-order valence-electron chi connectivity index (χ2n) is 13.1. The molecule has 1 saturated heterocycles. The maximum absolute atomic E-state index is 14.2. The van der Waals surface area contributed by atoms with E-state index in [1.54, 1.807) is 6.08 Å². The van der Waals surface area contributed by atoms with E-state index in [1.807, 2.05) is 78.9 Å². The molecular weight excluding hydrogens is 603 g/mol. The van der Waals surface area contributed by atoms with Gasteiger partial charge in [-0.3, -0.25) is 4.79 Å². The molecule has 1 aliphatic heterocycles. The fraction of sp³-hybridized carbons (Fsp3) is 0.300. The number of rotatable bonds is 13. The van der Waals surface area contributed by atoms with Crippen LogP contribution >= 0.6 is 0 Å². The fourth-order valence-corrected chi connectivity index (χ4v) is 11.2. The number of imide groups is 1. The van der Waals surface area contributed by atoms with Crippen molar-refractivity contribution >= 4 is 36.8 Å². The molecule has 0 spiro atoms. The zero-order chi connectivity index (χ0) is 33.3. The van der Waals surface area contributed by atoms with Crippen LogP contribution in [0.3, 0.4) is 0 Å². The maximum atomic E-state index is 14.2. The van der Waals surface area contributed by atoms with Crippen molar-refractivity contribution in [2.75, 3.05) is 13.2 Å². The highest BCUT2D eigenvalue weighted by atomic mass is 28.4. The van der Waals surface area contributed by atoms with E-state index < -0.39 is 38.4 Å². The van der Waals surface area contributed by atoms with Crippen LogP contribution in [0.15, 0.2) is 127 Å². The first-order valence-corrected chi connectivity index (χ1v) is 18.3. The quantitative estimate of drug-likeness (QED) is 0.130. The standard InChI is InChI=1S/C40H45NO5Si/c1-40(2,3)47(34-21-12-6-13-22-34,35-23-14-7-15-24-35)46-28-16-25-36(37(42)27-26-31-17-8-4-9-18-31)38(43)41-33(30-45-39(41)44)29-32-19-10-5-11-20-32/h4-15,17-24,26-27,33,36-37,42H,16,25,28-30H2,1-3H3/t33-,36-,37-/m1/s1. The third kappa shape index (κ3) is 7.99. The Morgan fingerprint density at radius 3 is 1.98 bits per heavy atom. The maximum Gasteiger partial charge on any atom is 0.416 e. The van der Waals surface area contributed by atoms with Gasteiger partial charge in [-0.25, -0.2) is 9.69 Å². The van der Waals surface area contributed by atoms with Gasteiger partial charge in [0.25, 0.3) is 8.32 Å². The summed E-state index contributed by atoms with van der Waals surface area (Å²) in [6.07, 6.45) is 3.02. The summed E-state index contributed by atoms with van der Waals surface area (Å²) < 4.78 is 12.5. The van der Waals surface area contributed by atoms with Gasteiger partial charge in [0.2, 0.25) is 5.91 Å². The monoisotopic (exact) mass is 647 g/mol. The summed E-state index contributed by atoms with van der Waals surface area (Å²) in [6.45, 7) is 7.21. The number of hydrogen-bond acceptors (Lipinski definition) is 5. The van der Waals surface area contributed by atoms with Gasteiger partial charge in [-0.1, -0.05) is 154 Å². The molecule has 0 bridgehead atoms. The summed E-state index contributed by atoms with van der Waals surface area (Å²) in [6, 6.07) is 39.8. The summed E-state index contributed by atoms with van der Waals surface area (Å²) in [5.74, 6) is -1.29. The minimum absolute atomic E-state index is 0.124. The van der Waals surface area contributed by atoms with Crippen molar-refractivity contribution in [1.82, 2.24) is 4.90 Å². The number of hydrogen-bond donors (Lipinski definition) is 1. The summed E-state index contributed by atoms with van der Waals surface area (Å²) in [4.78, 5) is 28.4. The van der Waals surface area contributed by atoms with Crippen molar-refractivity contribution in [1.29, 1.82) is 0 Å². The molecule has 0 aliphatic carbocycles. The number of carbonyl (C=O) groups is 2. The first-order chi connectivity index (χ1) is 22.7. The summed E-state index contributed by atoms with van der Waals surface area (Å²) in [5.41, 5.74) is 1.92. The molecule has 5 rings (SSSR count). The van der Waals surface area contributed by atoms with E-state index in [1.165, 1.54) is 15.3 Å². The van der Waals surface area contributed by atoms with E-state index in [-0.39, 0.29) is 11.6 Å². The highest BCUT2D eigenvalue weighted by molar-refractivity contribution is 6.99. The molecular formula is C40H45NO5Si. The normalized spacial score (nSPS) is 16.6. The van der Waals surface area contributed by atoms with E-state index >= 15 is 0 Å². The van der Waals surface area contributed by atoms with Gasteiger partial charge < -0.3 is 14.3 Å². The molecule has 47 heavy (non-hydrogen) atoms. The Morgan fingerprint density at radius 2 is 1.43 bits per heavy atom. The van der Waals surface area contributed by atoms with Gasteiger partial charge in [0, 0.05) is 6.61 Å². The molecule has 1 fully saturated rings. The lowest BCUT2D eigenvalue weighted by molar-refractivity contribution is -0.136. The van der Waals surface area contributed by atoms with Crippen LogP contribution in [0.1, 0.15) is 44.7 Å². The average Bonchev–Trinajstić information content (AvgIpc) is 3.45. The van der Waals surface area contributed by atoms with Gasteiger partial charge in [0.05, 0.1) is 18.1 Å². The summed E-state index contributed by atoms with van der Waals surface area (Å²) in [5, 5.41) is 13.7. The molecule has 7 heteroatoms. The number of aliphatic hydroxyl groups excluding tert-OH is 1. The van der Waals surface area contributed by atoms with Crippen LogP contribution in [0, 0.1) is 5.92 Å². The number of cyclic esters (lactones) is 1. The highest BCUT2D eigenvalue weighted by Crippen LogP contribution is 2.37. The second-order valence-corrected chi connectivity index (χ2v) is 17.5. The topological polar surface area (TPSA) is 76.1 Å². The van der Waals surface area contributed by atoms with Gasteiger partial charge in [0.15, 0.2) is 0 Å². The third-order valence-corrected chi connectivity index (χ3v) is 14.0. The molecule has 3 atom stereocenters.